The summed E-state index contributed by atoms with van der Waals surface area (Å²) in [5.74, 6) is 1.71. The number of ether oxygens (including phenoxy) is 1. The van der Waals surface area contributed by atoms with Crippen molar-refractivity contribution in [3.63, 3.8) is 0 Å². The lowest BCUT2D eigenvalue weighted by molar-refractivity contribution is 0.477. The highest BCUT2D eigenvalue weighted by molar-refractivity contribution is 5.87. The van der Waals surface area contributed by atoms with Crippen LogP contribution in [0.1, 0.15) is 49.9 Å². The summed E-state index contributed by atoms with van der Waals surface area (Å²) in [5, 5.41) is 0. The number of nitrogens with zero attached hydrogens (tertiary/aromatic N) is 4. The average Bonchev–Trinajstić information content (AvgIpc) is 3.16. The summed E-state index contributed by atoms with van der Waals surface area (Å²) in [4.78, 5) is 16.1. The Morgan fingerprint density at radius 3 is 1.58 bits per heavy atom. The van der Waals surface area contributed by atoms with Crippen molar-refractivity contribution in [3.05, 3.63) is 168 Å². The van der Waals surface area contributed by atoms with Crippen molar-refractivity contribution >= 4 is 17.1 Å². The van der Waals surface area contributed by atoms with E-state index < -0.39 is 0 Å². The molecule has 0 spiro atoms. The van der Waals surface area contributed by atoms with Crippen LogP contribution in [0.15, 0.2) is 146 Å². The van der Waals surface area contributed by atoms with Gasteiger partial charge in [-0.05, 0) is 112 Å². The van der Waals surface area contributed by atoms with Gasteiger partial charge >= 0.3 is 0 Å². The van der Waals surface area contributed by atoms with Crippen molar-refractivity contribution in [2.75, 3.05) is 4.90 Å². The van der Waals surface area contributed by atoms with Gasteiger partial charge in [0.2, 0.25) is 0 Å². The molecule has 0 radical (unpaired) electrons. The van der Waals surface area contributed by atoms with Gasteiger partial charge in [-0.25, -0.2) is 4.98 Å². The van der Waals surface area contributed by atoms with Crippen LogP contribution in [0, 0.1) is 0 Å². The Morgan fingerprint density at radius 1 is 0.480 bits per heavy atom. The van der Waals surface area contributed by atoms with Crippen molar-refractivity contribution < 1.29 is 4.74 Å². The normalized spacial score (nSPS) is 14.8. The van der Waals surface area contributed by atoms with E-state index in [9.17, 15) is 0 Å². The van der Waals surface area contributed by atoms with Crippen LogP contribution in [-0.2, 0) is 10.8 Å². The quantitative estimate of drug-likeness (QED) is 0.190. The number of anilines is 3. The van der Waals surface area contributed by atoms with E-state index in [0.29, 0.717) is 0 Å². The Bertz CT molecular complexity index is 2310. The second-order valence-electron chi connectivity index (χ2n) is 14.2. The summed E-state index contributed by atoms with van der Waals surface area (Å²) in [6.07, 6.45) is 7.33. The number of fused-ring (bicyclic) bond motifs is 4. The van der Waals surface area contributed by atoms with Crippen LogP contribution in [0.3, 0.4) is 0 Å². The number of hydrogen-bond acceptors (Lipinski definition) is 5. The number of rotatable bonds is 4. The molecule has 4 heterocycles. The van der Waals surface area contributed by atoms with Crippen LogP contribution < -0.4 is 9.64 Å². The summed E-state index contributed by atoms with van der Waals surface area (Å²) in [5.41, 5.74) is 14.1. The average molecular weight is 649 g/mol. The molecule has 50 heavy (non-hydrogen) atoms. The Hall–Kier alpha value is -6.07. The third-order valence-electron chi connectivity index (χ3n) is 10.5. The van der Waals surface area contributed by atoms with E-state index in [1.54, 1.807) is 12.4 Å². The lowest BCUT2D eigenvalue weighted by atomic mass is 9.59. The zero-order valence-corrected chi connectivity index (χ0v) is 28.6. The molecule has 0 amide bonds. The topological polar surface area (TPSA) is 51.1 Å². The smallest absolute Gasteiger partial charge is 0.151 e. The van der Waals surface area contributed by atoms with E-state index >= 15 is 0 Å². The fraction of sp³-hybridized carbons (Fsp3) is 0.133. The Balaban J connectivity index is 1.17. The Morgan fingerprint density at radius 2 is 1.02 bits per heavy atom. The highest BCUT2D eigenvalue weighted by atomic mass is 16.5. The minimum Gasteiger partial charge on any atom is -0.453 e. The molecular weight excluding hydrogens is 613 g/mol. The Kier molecular flexibility index (Phi) is 6.75. The second kappa shape index (κ2) is 11.2. The van der Waals surface area contributed by atoms with Crippen LogP contribution in [0.2, 0.25) is 0 Å². The van der Waals surface area contributed by atoms with Crippen molar-refractivity contribution in [1.29, 1.82) is 0 Å². The van der Waals surface area contributed by atoms with Crippen molar-refractivity contribution in [2.24, 2.45) is 0 Å². The van der Waals surface area contributed by atoms with Crippen LogP contribution >= 0.6 is 0 Å². The van der Waals surface area contributed by atoms with Gasteiger partial charge in [-0.3, -0.25) is 9.97 Å². The van der Waals surface area contributed by atoms with Gasteiger partial charge in [0.05, 0.1) is 22.8 Å². The summed E-state index contributed by atoms with van der Waals surface area (Å²) in [7, 11) is 0. The molecule has 1 aliphatic heterocycles. The van der Waals surface area contributed by atoms with Crippen LogP contribution in [0.5, 0.6) is 11.5 Å². The number of hydrogen-bond donors (Lipinski definition) is 0. The van der Waals surface area contributed by atoms with E-state index in [1.165, 1.54) is 22.3 Å². The molecule has 3 aromatic heterocycles. The van der Waals surface area contributed by atoms with Gasteiger partial charge in [0.15, 0.2) is 11.5 Å². The molecule has 1 aliphatic carbocycles. The minimum absolute atomic E-state index is 0.235. The van der Waals surface area contributed by atoms with E-state index in [4.69, 9.17) is 9.72 Å². The molecule has 7 aromatic rings. The first-order valence-corrected chi connectivity index (χ1v) is 17.1. The monoisotopic (exact) mass is 648 g/mol. The fourth-order valence-corrected chi connectivity index (χ4v) is 7.81. The highest BCUT2D eigenvalue weighted by Crippen LogP contribution is 2.54. The zero-order valence-electron chi connectivity index (χ0n) is 28.6. The first kappa shape index (κ1) is 30.0. The first-order valence-electron chi connectivity index (χ1n) is 17.1. The van der Waals surface area contributed by atoms with Crippen molar-refractivity contribution in [1.82, 2.24) is 15.0 Å². The van der Waals surface area contributed by atoms with Gasteiger partial charge in [-0.15, -0.1) is 0 Å². The molecule has 5 heteroatoms. The number of pyridine rings is 3. The van der Waals surface area contributed by atoms with Crippen molar-refractivity contribution in [2.45, 2.75) is 38.5 Å². The molecule has 2 aliphatic rings. The third-order valence-corrected chi connectivity index (χ3v) is 10.5. The summed E-state index contributed by atoms with van der Waals surface area (Å²) in [6, 6.07) is 43.0. The van der Waals surface area contributed by atoms with E-state index in [2.05, 4.69) is 127 Å². The lowest BCUT2D eigenvalue weighted by Crippen LogP contribution is -2.36. The predicted octanol–water partition coefficient (Wildman–Crippen LogP) is 11.4. The maximum absolute atomic E-state index is 6.32. The maximum atomic E-state index is 6.32. The molecule has 0 saturated heterocycles. The number of benzene rings is 4. The van der Waals surface area contributed by atoms with Gasteiger partial charge in [0.1, 0.15) is 0 Å². The SMILES string of the molecule is CC1(C)c2ccc(N3c4ccccc4Oc4ccccc43)cc2C(C)(C)c2ccc(-c3cc(-c4cccnc4)nc(-c4cccnc4)c3)cc21. The largest absolute Gasteiger partial charge is 0.453 e. The van der Waals surface area contributed by atoms with Gasteiger partial charge in [-0.1, -0.05) is 70.2 Å². The Labute approximate surface area is 292 Å². The molecule has 0 bridgehead atoms. The highest BCUT2D eigenvalue weighted by Gasteiger charge is 2.42. The van der Waals surface area contributed by atoms with Gasteiger partial charge in [0.25, 0.3) is 0 Å². The van der Waals surface area contributed by atoms with Crippen LogP contribution in [0.4, 0.5) is 17.1 Å². The summed E-state index contributed by atoms with van der Waals surface area (Å²) in [6.45, 7) is 9.44. The van der Waals surface area contributed by atoms with Crippen molar-refractivity contribution in [3.8, 4) is 45.1 Å². The fourth-order valence-electron chi connectivity index (χ4n) is 7.81. The number of para-hydroxylation sites is 4. The summed E-state index contributed by atoms with van der Waals surface area (Å²) >= 11 is 0. The molecule has 0 N–H and O–H groups in total. The van der Waals surface area contributed by atoms with E-state index in [-0.39, 0.29) is 10.8 Å². The van der Waals surface area contributed by atoms with Crippen LogP contribution in [-0.4, -0.2) is 15.0 Å². The number of aromatic nitrogens is 3. The van der Waals surface area contributed by atoms with E-state index in [0.717, 1.165) is 62.2 Å². The maximum Gasteiger partial charge on any atom is 0.151 e. The zero-order chi connectivity index (χ0) is 34.0. The molecule has 0 unspecified atom stereocenters. The third kappa shape index (κ3) is 4.72. The van der Waals surface area contributed by atoms with E-state index in [1.807, 2.05) is 48.8 Å². The van der Waals surface area contributed by atoms with Gasteiger partial charge in [-0.2, -0.15) is 0 Å². The standard InChI is InChI=1S/C45H36N4O/c1-44(2)35-20-18-33(49-40-13-5-7-15-42(40)50-43-16-8-6-14-41(43)49)26-37(35)45(3,4)34-19-17-29(23-36(34)44)32-24-38(30-11-9-21-46-27-30)48-39(25-32)31-12-10-22-47-28-31/h5-28H,1-4H3. The predicted molar refractivity (Wildman–Crippen MR) is 202 cm³/mol. The molecule has 0 fully saturated rings. The lowest BCUT2D eigenvalue weighted by Gasteiger charge is -2.45. The molecule has 0 atom stereocenters. The minimum atomic E-state index is -0.236. The van der Waals surface area contributed by atoms with Gasteiger partial charge in [0, 0.05) is 52.4 Å². The summed E-state index contributed by atoms with van der Waals surface area (Å²) < 4.78 is 6.32. The molecule has 0 saturated carbocycles. The molecule has 242 valence electrons. The molecule has 4 aromatic carbocycles. The second-order valence-corrected chi connectivity index (χ2v) is 14.2. The molecular formula is C45H36N4O. The molecule has 9 rings (SSSR count). The first-order chi connectivity index (χ1) is 24.3. The molecule has 5 nitrogen and oxygen atoms in total. The van der Waals surface area contributed by atoms with Crippen LogP contribution in [0.25, 0.3) is 33.6 Å². The van der Waals surface area contributed by atoms with Gasteiger partial charge < -0.3 is 9.64 Å².